The Hall–Kier alpha value is -2.18. The van der Waals surface area contributed by atoms with Crippen LogP contribution in [0.25, 0.3) is 0 Å². The molecule has 0 saturated heterocycles. The second kappa shape index (κ2) is 3.29. The van der Waals surface area contributed by atoms with Gasteiger partial charge in [-0.15, -0.1) is 0 Å². The molecule has 2 rings (SSSR count). The Labute approximate surface area is 78.5 Å². The first-order chi connectivity index (χ1) is 6.75. The number of hydrogen-bond acceptors (Lipinski definition) is 5. The average molecular weight is 193 g/mol. The summed E-state index contributed by atoms with van der Waals surface area (Å²) in [4.78, 5) is 14.4. The van der Waals surface area contributed by atoms with Crippen molar-refractivity contribution in [3.05, 3.63) is 30.2 Å². The van der Waals surface area contributed by atoms with Crippen molar-refractivity contribution >= 4 is 5.91 Å². The fraction of sp³-hybridized carbons (Fsp3) is 0.143. The van der Waals surface area contributed by atoms with Crippen LogP contribution >= 0.6 is 0 Å². The molecular formula is C7H7N5O2. The first kappa shape index (κ1) is 8.42. The maximum atomic E-state index is 10.7. The van der Waals surface area contributed by atoms with Crippen LogP contribution in [0.4, 0.5) is 0 Å². The minimum absolute atomic E-state index is 0.111. The molecule has 0 fully saturated rings. The van der Waals surface area contributed by atoms with Crippen LogP contribution in [0.15, 0.2) is 23.2 Å². The number of aromatic nitrogens is 4. The second-order valence-electron chi connectivity index (χ2n) is 2.64. The zero-order valence-corrected chi connectivity index (χ0v) is 7.12. The Morgan fingerprint density at radius 3 is 3.07 bits per heavy atom. The predicted molar refractivity (Wildman–Crippen MR) is 44.1 cm³/mol. The third-order valence-corrected chi connectivity index (χ3v) is 1.60. The smallest absolute Gasteiger partial charge is 0.270 e. The molecule has 2 aromatic heterocycles. The monoisotopic (exact) mass is 193 g/mol. The molecule has 0 radical (unpaired) electrons. The molecule has 0 aliphatic heterocycles. The Morgan fingerprint density at radius 2 is 2.50 bits per heavy atom. The first-order valence-corrected chi connectivity index (χ1v) is 3.83. The zero-order chi connectivity index (χ0) is 9.97. The van der Waals surface area contributed by atoms with Crippen molar-refractivity contribution in [2.24, 2.45) is 5.73 Å². The van der Waals surface area contributed by atoms with E-state index in [1.807, 2.05) is 0 Å². The summed E-state index contributed by atoms with van der Waals surface area (Å²) >= 11 is 0. The van der Waals surface area contributed by atoms with E-state index in [4.69, 9.17) is 10.3 Å². The van der Waals surface area contributed by atoms with Gasteiger partial charge in [0.1, 0.15) is 19.2 Å². The van der Waals surface area contributed by atoms with Crippen LogP contribution < -0.4 is 5.73 Å². The molecule has 7 nitrogen and oxygen atoms in total. The highest BCUT2D eigenvalue weighted by Crippen LogP contribution is 2.03. The zero-order valence-electron chi connectivity index (χ0n) is 7.12. The summed E-state index contributed by atoms with van der Waals surface area (Å²) in [6.45, 7) is 0.375. The van der Waals surface area contributed by atoms with E-state index in [0.29, 0.717) is 12.3 Å². The fourth-order valence-electron chi connectivity index (χ4n) is 0.978. The first-order valence-electron chi connectivity index (χ1n) is 3.83. The number of nitrogens with two attached hydrogens (primary N) is 1. The van der Waals surface area contributed by atoms with Gasteiger partial charge in [-0.1, -0.05) is 5.16 Å². The van der Waals surface area contributed by atoms with E-state index in [1.54, 1.807) is 4.68 Å². The maximum absolute atomic E-state index is 10.7. The summed E-state index contributed by atoms with van der Waals surface area (Å²) in [6.07, 6.45) is 2.94. The molecule has 2 heterocycles. The molecule has 0 aliphatic carbocycles. The summed E-state index contributed by atoms with van der Waals surface area (Å²) in [5, 5.41) is 7.35. The van der Waals surface area contributed by atoms with Crippen molar-refractivity contribution in [3.63, 3.8) is 0 Å². The van der Waals surface area contributed by atoms with Gasteiger partial charge in [-0.2, -0.15) is 5.10 Å². The van der Waals surface area contributed by atoms with Crippen molar-refractivity contribution in [1.82, 2.24) is 19.9 Å². The van der Waals surface area contributed by atoms with Gasteiger partial charge in [-0.25, -0.2) is 9.67 Å². The second-order valence-corrected chi connectivity index (χ2v) is 2.64. The lowest BCUT2D eigenvalue weighted by molar-refractivity contribution is 0.0991. The molecular weight excluding hydrogens is 186 g/mol. The molecule has 0 atom stereocenters. The van der Waals surface area contributed by atoms with E-state index in [1.165, 1.54) is 18.7 Å². The number of amides is 1. The van der Waals surface area contributed by atoms with Gasteiger partial charge in [-0.3, -0.25) is 4.79 Å². The molecule has 14 heavy (non-hydrogen) atoms. The van der Waals surface area contributed by atoms with Crippen molar-refractivity contribution in [1.29, 1.82) is 0 Å². The third kappa shape index (κ3) is 1.60. The van der Waals surface area contributed by atoms with Gasteiger partial charge in [0.25, 0.3) is 5.91 Å². The fourth-order valence-corrected chi connectivity index (χ4v) is 0.978. The van der Waals surface area contributed by atoms with Crippen molar-refractivity contribution in [3.8, 4) is 0 Å². The molecule has 0 bridgehead atoms. The number of primary amides is 1. The van der Waals surface area contributed by atoms with E-state index in [9.17, 15) is 4.79 Å². The highest BCUT2D eigenvalue weighted by atomic mass is 16.5. The van der Waals surface area contributed by atoms with Crippen LogP contribution in [-0.4, -0.2) is 25.8 Å². The van der Waals surface area contributed by atoms with Gasteiger partial charge in [0, 0.05) is 6.07 Å². The quantitative estimate of drug-likeness (QED) is 0.702. The summed E-state index contributed by atoms with van der Waals surface area (Å²) in [6, 6.07) is 1.48. The standard InChI is InChI=1S/C7H7N5O2/c8-7(13)6-1-5(14-11-6)2-12-4-9-3-10-12/h1,3-4H,2H2,(H2,8,13). The molecule has 72 valence electrons. The number of hydrogen-bond donors (Lipinski definition) is 1. The SMILES string of the molecule is NC(=O)c1cc(Cn2cncn2)on1. The van der Waals surface area contributed by atoms with Gasteiger partial charge < -0.3 is 10.3 Å². The number of nitrogens with zero attached hydrogens (tertiary/aromatic N) is 4. The maximum Gasteiger partial charge on any atom is 0.270 e. The Morgan fingerprint density at radius 1 is 1.64 bits per heavy atom. The summed E-state index contributed by atoms with van der Waals surface area (Å²) in [5.41, 5.74) is 5.12. The Balaban J connectivity index is 2.14. The van der Waals surface area contributed by atoms with Crippen LogP contribution in [0, 0.1) is 0 Å². The Kier molecular flexibility index (Phi) is 1.98. The van der Waals surface area contributed by atoms with E-state index in [0.717, 1.165) is 0 Å². The average Bonchev–Trinajstić information content (AvgIpc) is 2.75. The van der Waals surface area contributed by atoms with Gasteiger partial charge in [0.05, 0.1) is 0 Å². The van der Waals surface area contributed by atoms with Crippen molar-refractivity contribution in [2.75, 3.05) is 0 Å². The van der Waals surface area contributed by atoms with E-state index >= 15 is 0 Å². The van der Waals surface area contributed by atoms with Gasteiger partial charge in [0.2, 0.25) is 0 Å². The molecule has 0 aliphatic rings. The Bertz CT molecular complexity index is 433. The number of carbonyl (C=O) groups is 1. The minimum Gasteiger partial charge on any atom is -0.364 e. The third-order valence-electron chi connectivity index (χ3n) is 1.60. The summed E-state index contributed by atoms with van der Waals surface area (Å²) in [7, 11) is 0. The molecule has 2 aromatic rings. The van der Waals surface area contributed by atoms with Gasteiger partial charge >= 0.3 is 0 Å². The topological polar surface area (TPSA) is 99.8 Å². The minimum atomic E-state index is -0.612. The number of rotatable bonds is 3. The lowest BCUT2D eigenvalue weighted by Crippen LogP contribution is -2.10. The van der Waals surface area contributed by atoms with E-state index in [2.05, 4.69) is 15.2 Å². The largest absolute Gasteiger partial charge is 0.364 e. The van der Waals surface area contributed by atoms with Crippen LogP contribution in [-0.2, 0) is 6.54 Å². The lowest BCUT2D eigenvalue weighted by atomic mass is 10.3. The normalized spacial score (nSPS) is 10.3. The molecule has 1 amide bonds. The summed E-state index contributed by atoms with van der Waals surface area (Å²) in [5.74, 6) is -0.108. The van der Waals surface area contributed by atoms with Gasteiger partial charge in [-0.05, 0) is 0 Å². The van der Waals surface area contributed by atoms with Crippen LogP contribution in [0.1, 0.15) is 16.2 Å². The molecule has 0 spiro atoms. The molecule has 2 N–H and O–H groups in total. The van der Waals surface area contributed by atoms with Crippen LogP contribution in [0.2, 0.25) is 0 Å². The summed E-state index contributed by atoms with van der Waals surface area (Å²) < 4.78 is 6.41. The molecule has 0 aromatic carbocycles. The molecule has 7 heteroatoms. The highest BCUT2D eigenvalue weighted by Gasteiger charge is 2.08. The van der Waals surface area contributed by atoms with Crippen LogP contribution in [0.3, 0.4) is 0 Å². The van der Waals surface area contributed by atoms with Crippen LogP contribution in [0.5, 0.6) is 0 Å². The van der Waals surface area contributed by atoms with E-state index in [-0.39, 0.29) is 5.69 Å². The van der Waals surface area contributed by atoms with E-state index < -0.39 is 5.91 Å². The molecule has 0 unspecified atom stereocenters. The predicted octanol–water partition coefficient (Wildman–Crippen LogP) is -0.587. The lowest BCUT2D eigenvalue weighted by Gasteiger charge is -1.92. The molecule has 0 saturated carbocycles. The highest BCUT2D eigenvalue weighted by molar-refractivity contribution is 5.90. The van der Waals surface area contributed by atoms with Crippen molar-refractivity contribution < 1.29 is 9.32 Å². The number of carbonyl (C=O) groups excluding carboxylic acids is 1. The van der Waals surface area contributed by atoms with Gasteiger partial charge in [0.15, 0.2) is 11.5 Å². The van der Waals surface area contributed by atoms with Crippen molar-refractivity contribution in [2.45, 2.75) is 6.54 Å².